The quantitative estimate of drug-likeness (QED) is 0.709. The van der Waals surface area contributed by atoms with Gasteiger partial charge in [-0.1, -0.05) is 26.0 Å². The van der Waals surface area contributed by atoms with Crippen molar-refractivity contribution in [2.45, 2.75) is 32.1 Å². The second-order valence-electron chi connectivity index (χ2n) is 4.36. The fourth-order valence-corrected chi connectivity index (χ4v) is 3.60. The van der Waals surface area contributed by atoms with Crippen LogP contribution in [0.25, 0.3) is 0 Å². The monoisotopic (exact) mass is 258 g/mol. The molecule has 0 aliphatic rings. The van der Waals surface area contributed by atoms with Gasteiger partial charge in [0.25, 0.3) is 0 Å². The van der Waals surface area contributed by atoms with E-state index < -0.39 is 13.0 Å². The van der Waals surface area contributed by atoms with Gasteiger partial charge in [0.15, 0.2) is 0 Å². The molecule has 1 rings (SSSR count). The zero-order valence-electron chi connectivity index (χ0n) is 10.1. The number of rotatable bonds is 5. The lowest BCUT2D eigenvalue weighted by atomic mass is 9.77. The summed E-state index contributed by atoms with van der Waals surface area (Å²) in [5.74, 6) is 0.158. The lowest BCUT2D eigenvalue weighted by Gasteiger charge is -2.32. The van der Waals surface area contributed by atoms with Crippen LogP contribution < -0.4 is 0 Å². The highest BCUT2D eigenvalue weighted by molar-refractivity contribution is 7.51. The van der Waals surface area contributed by atoms with Crippen molar-refractivity contribution in [2.24, 2.45) is 0 Å². The molecule has 1 aromatic rings. The van der Waals surface area contributed by atoms with Crippen LogP contribution in [0.1, 0.15) is 32.3 Å². The average Bonchev–Trinajstić information content (AvgIpc) is 2.26. The maximum absolute atomic E-state index is 11.2. The Kier molecular flexibility index (Phi) is 4.36. The van der Waals surface area contributed by atoms with E-state index in [2.05, 4.69) is 0 Å². The highest BCUT2D eigenvalue weighted by Crippen LogP contribution is 2.46. The molecule has 0 radical (unpaired) electrons. The van der Waals surface area contributed by atoms with Gasteiger partial charge in [0.1, 0.15) is 5.75 Å². The van der Waals surface area contributed by atoms with Gasteiger partial charge in [0.05, 0.1) is 6.16 Å². The summed E-state index contributed by atoms with van der Waals surface area (Å²) >= 11 is 0. The van der Waals surface area contributed by atoms with Crippen LogP contribution in [-0.4, -0.2) is 21.1 Å². The van der Waals surface area contributed by atoms with Crippen molar-refractivity contribution in [3.05, 3.63) is 29.8 Å². The Labute approximate surface area is 101 Å². The predicted octanol–water partition coefficient (Wildman–Crippen LogP) is 2.63. The second-order valence-corrected chi connectivity index (χ2v) is 6.00. The van der Waals surface area contributed by atoms with Crippen molar-refractivity contribution < 1.29 is 19.5 Å². The minimum absolute atomic E-state index is 0.155. The third kappa shape index (κ3) is 3.56. The summed E-state index contributed by atoms with van der Waals surface area (Å²) in [5.41, 5.74) is 0.343. The van der Waals surface area contributed by atoms with Crippen LogP contribution in [-0.2, 0) is 9.98 Å². The van der Waals surface area contributed by atoms with Crippen molar-refractivity contribution in [3.63, 3.8) is 0 Å². The largest absolute Gasteiger partial charge is 0.508 e. The molecule has 0 fully saturated rings. The molecule has 5 heteroatoms. The van der Waals surface area contributed by atoms with Gasteiger partial charge in [0, 0.05) is 5.41 Å². The molecule has 1 aromatic carbocycles. The molecule has 0 aromatic heterocycles. The highest BCUT2D eigenvalue weighted by atomic mass is 31.2. The molecule has 0 bridgehead atoms. The molecule has 0 amide bonds. The molecular weight excluding hydrogens is 239 g/mol. The topological polar surface area (TPSA) is 77.8 Å². The van der Waals surface area contributed by atoms with Crippen molar-refractivity contribution in [2.75, 3.05) is 6.16 Å². The molecule has 96 valence electrons. The van der Waals surface area contributed by atoms with Gasteiger partial charge in [-0.3, -0.25) is 4.57 Å². The van der Waals surface area contributed by atoms with E-state index in [1.54, 1.807) is 24.3 Å². The molecule has 17 heavy (non-hydrogen) atoms. The van der Waals surface area contributed by atoms with Gasteiger partial charge < -0.3 is 14.9 Å². The van der Waals surface area contributed by atoms with E-state index in [0.717, 1.165) is 5.56 Å². The van der Waals surface area contributed by atoms with Crippen LogP contribution in [0, 0.1) is 0 Å². The third-order valence-electron chi connectivity index (χ3n) is 3.34. The molecule has 4 nitrogen and oxygen atoms in total. The Bertz CT molecular complexity index is 403. The molecule has 0 atom stereocenters. The van der Waals surface area contributed by atoms with Gasteiger partial charge >= 0.3 is 7.60 Å². The SMILES string of the molecule is CCC(CC)(CP(=O)(O)O)c1ccc(O)cc1. The van der Waals surface area contributed by atoms with Crippen LogP contribution >= 0.6 is 7.60 Å². The Hall–Kier alpha value is -0.830. The summed E-state index contributed by atoms with van der Waals surface area (Å²) in [6, 6.07) is 6.57. The van der Waals surface area contributed by atoms with E-state index in [-0.39, 0.29) is 11.9 Å². The van der Waals surface area contributed by atoms with Crippen LogP contribution in [0.3, 0.4) is 0 Å². The number of benzene rings is 1. The maximum Gasteiger partial charge on any atom is 0.326 e. The Morgan fingerprint density at radius 1 is 1.12 bits per heavy atom. The number of hydrogen-bond donors (Lipinski definition) is 3. The Balaban J connectivity index is 3.15. The number of aromatic hydroxyl groups is 1. The van der Waals surface area contributed by atoms with Crippen LogP contribution in [0.15, 0.2) is 24.3 Å². The number of phenolic OH excluding ortho intramolecular Hbond substituents is 1. The van der Waals surface area contributed by atoms with Gasteiger partial charge in [-0.25, -0.2) is 0 Å². The zero-order valence-corrected chi connectivity index (χ0v) is 11.0. The average molecular weight is 258 g/mol. The summed E-state index contributed by atoms with van der Waals surface area (Å²) < 4.78 is 11.2. The molecule has 0 heterocycles. The van der Waals surface area contributed by atoms with Gasteiger partial charge in [-0.15, -0.1) is 0 Å². The summed E-state index contributed by atoms with van der Waals surface area (Å²) in [6.45, 7) is 3.85. The molecule has 3 N–H and O–H groups in total. The number of hydrogen-bond acceptors (Lipinski definition) is 2. The van der Waals surface area contributed by atoms with E-state index in [0.29, 0.717) is 12.8 Å². The fourth-order valence-electron chi connectivity index (χ4n) is 2.18. The smallest absolute Gasteiger partial charge is 0.326 e. The van der Waals surface area contributed by atoms with Gasteiger partial charge in [-0.2, -0.15) is 0 Å². The summed E-state index contributed by atoms with van der Waals surface area (Å²) in [4.78, 5) is 18.4. The zero-order chi connectivity index (χ0) is 13.1. The Morgan fingerprint density at radius 2 is 1.59 bits per heavy atom. The van der Waals surface area contributed by atoms with E-state index in [9.17, 15) is 19.5 Å². The molecule has 0 unspecified atom stereocenters. The lowest BCUT2D eigenvalue weighted by molar-refractivity contribution is 0.340. The van der Waals surface area contributed by atoms with E-state index in [1.165, 1.54) is 0 Å². The van der Waals surface area contributed by atoms with Gasteiger partial charge in [0.2, 0.25) is 0 Å². The van der Waals surface area contributed by atoms with E-state index >= 15 is 0 Å². The molecular formula is C12H19O4P. The van der Waals surface area contributed by atoms with Gasteiger partial charge in [-0.05, 0) is 30.5 Å². The summed E-state index contributed by atoms with van der Waals surface area (Å²) in [5, 5.41) is 9.25. The first-order chi connectivity index (χ1) is 7.83. The second kappa shape index (κ2) is 5.21. The first-order valence-corrected chi connectivity index (χ1v) is 7.47. The first kappa shape index (κ1) is 14.2. The molecule has 0 aliphatic heterocycles. The molecule has 0 spiro atoms. The van der Waals surface area contributed by atoms with Crippen LogP contribution in [0.2, 0.25) is 0 Å². The molecule has 0 saturated heterocycles. The highest BCUT2D eigenvalue weighted by Gasteiger charge is 2.35. The van der Waals surface area contributed by atoms with Crippen molar-refractivity contribution in [1.82, 2.24) is 0 Å². The maximum atomic E-state index is 11.2. The van der Waals surface area contributed by atoms with E-state index in [1.807, 2.05) is 13.8 Å². The summed E-state index contributed by atoms with van der Waals surface area (Å²) in [6.07, 6.45) is 1.15. The molecule has 0 saturated carbocycles. The van der Waals surface area contributed by atoms with E-state index in [4.69, 9.17) is 0 Å². The molecule has 0 aliphatic carbocycles. The van der Waals surface area contributed by atoms with Crippen molar-refractivity contribution in [3.8, 4) is 5.75 Å². The fraction of sp³-hybridized carbons (Fsp3) is 0.500. The lowest BCUT2D eigenvalue weighted by Crippen LogP contribution is -2.29. The third-order valence-corrected chi connectivity index (χ3v) is 4.36. The van der Waals surface area contributed by atoms with Crippen molar-refractivity contribution in [1.29, 1.82) is 0 Å². The summed E-state index contributed by atoms with van der Waals surface area (Å²) in [7, 11) is -4.06. The standard InChI is InChI=1S/C12H19O4P/c1-3-12(4-2,9-17(14,15)16)10-5-7-11(13)8-6-10/h5-8,13H,3-4,9H2,1-2H3,(H2,14,15,16). The minimum atomic E-state index is -4.06. The van der Waals surface area contributed by atoms with Crippen molar-refractivity contribution >= 4 is 7.60 Å². The predicted molar refractivity (Wildman–Crippen MR) is 67.3 cm³/mol. The first-order valence-electron chi connectivity index (χ1n) is 5.67. The number of phenols is 1. The normalized spacial score (nSPS) is 12.7. The minimum Gasteiger partial charge on any atom is -0.508 e. The van der Waals surface area contributed by atoms with Crippen LogP contribution in [0.4, 0.5) is 0 Å². The van der Waals surface area contributed by atoms with Crippen LogP contribution in [0.5, 0.6) is 5.75 Å². The Morgan fingerprint density at radius 3 is 1.94 bits per heavy atom.